The minimum absolute atomic E-state index is 0.145. The largest absolute Gasteiger partial charge is 0.320 e. The fourth-order valence-corrected chi connectivity index (χ4v) is 2.91. The summed E-state index contributed by atoms with van der Waals surface area (Å²) in [5.41, 5.74) is 9.93. The highest BCUT2D eigenvalue weighted by molar-refractivity contribution is 6.31. The second kappa shape index (κ2) is 5.36. The van der Waals surface area contributed by atoms with Gasteiger partial charge in [0.1, 0.15) is 0 Å². The molecule has 2 aromatic carbocycles. The third kappa shape index (κ3) is 2.54. The summed E-state index contributed by atoms with van der Waals surface area (Å²) in [7, 11) is 0. The summed E-state index contributed by atoms with van der Waals surface area (Å²) < 4.78 is 0. The van der Waals surface area contributed by atoms with Gasteiger partial charge in [0, 0.05) is 5.02 Å². The van der Waals surface area contributed by atoms with Crippen molar-refractivity contribution < 1.29 is 0 Å². The topological polar surface area (TPSA) is 26.0 Å². The zero-order valence-electron chi connectivity index (χ0n) is 10.9. The molecule has 19 heavy (non-hydrogen) atoms. The van der Waals surface area contributed by atoms with E-state index < -0.39 is 0 Å². The lowest BCUT2D eigenvalue weighted by Gasteiger charge is -2.26. The van der Waals surface area contributed by atoms with Crippen molar-refractivity contribution in [3.63, 3.8) is 0 Å². The predicted octanol–water partition coefficient (Wildman–Crippen LogP) is 4.66. The van der Waals surface area contributed by atoms with Gasteiger partial charge in [-0.3, -0.25) is 0 Å². The highest BCUT2D eigenvalue weighted by Crippen LogP contribution is 2.37. The van der Waals surface area contributed by atoms with Gasteiger partial charge < -0.3 is 5.73 Å². The molecule has 1 unspecified atom stereocenters. The molecule has 0 spiro atoms. The molecule has 0 saturated heterocycles. The summed E-state index contributed by atoms with van der Waals surface area (Å²) in [6.07, 6.45) is 3.97. The molecule has 2 heteroatoms. The summed E-state index contributed by atoms with van der Waals surface area (Å²) in [6.45, 7) is 0. The molecule has 0 amide bonds. The molecule has 3 rings (SSSR count). The fraction of sp³-hybridized carbons (Fsp3) is 0.294. The number of rotatable bonds is 3. The van der Waals surface area contributed by atoms with Gasteiger partial charge >= 0.3 is 0 Å². The van der Waals surface area contributed by atoms with Gasteiger partial charge in [-0.15, -0.1) is 0 Å². The molecule has 1 fully saturated rings. The highest BCUT2D eigenvalue weighted by Gasteiger charge is 2.20. The van der Waals surface area contributed by atoms with E-state index in [0.717, 1.165) is 22.1 Å². The molecule has 1 aliphatic rings. The van der Waals surface area contributed by atoms with E-state index in [4.69, 9.17) is 17.3 Å². The third-order valence-corrected chi connectivity index (χ3v) is 4.43. The first-order valence-corrected chi connectivity index (χ1v) is 7.23. The summed E-state index contributed by atoms with van der Waals surface area (Å²) in [6, 6.07) is 16.3. The average molecular weight is 272 g/mol. The number of hydrogen-bond donors (Lipinski definition) is 1. The lowest BCUT2D eigenvalue weighted by atomic mass is 9.79. The minimum atomic E-state index is -0.145. The van der Waals surface area contributed by atoms with Crippen LogP contribution in [0.1, 0.15) is 47.9 Å². The molecular weight excluding hydrogens is 254 g/mol. The summed E-state index contributed by atoms with van der Waals surface area (Å²) in [4.78, 5) is 0. The van der Waals surface area contributed by atoms with Crippen LogP contribution in [0, 0.1) is 0 Å². The van der Waals surface area contributed by atoms with E-state index >= 15 is 0 Å². The Labute approximate surface area is 119 Å². The first-order valence-electron chi connectivity index (χ1n) is 6.85. The van der Waals surface area contributed by atoms with Crippen molar-refractivity contribution in [1.82, 2.24) is 0 Å². The normalized spacial score (nSPS) is 16.9. The van der Waals surface area contributed by atoms with E-state index in [1.165, 1.54) is 24.8 Å². The van der Waals surface area contributed by atoms with Gasteiger partial charge in [0.05, 0.1) is 6.04 Å². The maximum atomic E-state index is 6.36. The maximum Gasteiger partial charge on any atom is 0.0566 e. The quantitative estimate of drug-likeness (QED) is 0.864. The number of benzene rings is 2. The Bertz CT molecular complexity index is 575. The zero-order valence-corrected chi connectivity index (χ0v) is 11.6. The molecule has 0 bridgehead atoms. The SMILES string of the molecule is NC(c1cccc(C2CCC2)c1)c1ccccc1Cl. The van der Waals surface area contributed by atoms with Gasteiger partial charge in [-0.25, -0.2) is 0 Å². The fourth-order valence-electron chi connectivity index (χ4n) is 2.65. The molecule has 0 aliphatic heterocycles. The van der Waals surface area contributed by atoms with Crippen molar-refractivity contribution in [2.24, 2.45) is 5.73 Å². The Hall–Kier alpha value is -1.31. The Balaban J connectivity index is 1.91. The first-order chi connectivity index (χ1) is 9.25. The van der Waals surface area contributed by atoms with Gasteiger partial charge in [0.2, 0.25) is 0 Å². The van der Waals surface area contributed by atoms with Crippen LogP contribution >= 0.6 is 11.6 Å². The van der Waals surface area contributed by atoms with Crippen LogP contribution in [0.5, 0.6) is 0 Å². The van der Waals surface area contributed by atoms with Gasteiger partial charge in [-0.05, 0) is 41.5 Å². The third-order valence-electron chi connectivity index (χ3n) is 4.09. The Morgan fingerprint density at radius 1 is 1.05 bits per heavy atom. The van der Waals surface area contributed by atoms with Crippen molar-refractivity contribution >= 4 is 11.6 Å². The smallest absolute Gasteiger partial charge is 0.0566 e. The van der Waals surface area contributed by atoms with Crippen LogP contribution < -0.4 is 5.73 Å². The van der Waals surface area contributed by atoms with E-state index in [1.807, 2.05) is 24.3 Å². The number of hydrogen-bond acceptors (Lipinski definition) is 1. The average Bonchev–Trinajstić information content (AvgIpc) is 2.37. The second-order valence-corrected chi connectivity index (χ2v) is 5.70. The van der Waals surface area contributed by atoms with Gasteiger partial charge in [-0.2, -0.15) is 0 Å². The van der Waals surface area contributed by atoms with Crippen LogP contribution in [0.15, 0.2) is 48.5 Å². The van der Waals surface area contributed by atoms with Crippen LogP contribution in [-0.2, 0) is 0 Å². The molecule has 0 radical (unpaired) electrons. The lowest BCUT2D eigenvalue weighted by molar-refractivity contribution is 0.419. The van der Waals surface area contributed by atoms with Gasteiger partial charge in [0.15, 0.2) is 0 Å². The van der Waals surface area contributed by atoms with Crippen LogP contribution in [0.2, 0.25) is 5.02 Å². The molecule has 0 aromatic heterocycles. The predicted molar refractivity (Wildman–Crippen MR) is 80.5 cm³/mol. The molecule has 1 aliphatic carbocycles. The Morgan fingerprint density at radius 3 is 2.53 bits per heavy atom. The lowest BCUT2D eigenvalue weighted by Crippen LogP contribution is -2.14. The van der Waals surface area contributed by atoms with E-state index in [2.05, 4.69) is 24.3 Å². The van der Waals surface area contributed by atoms with Crippen LogP contribution in [-0.4, -0.2) is 0 Å². The second-order valence-electron chi connectivity index (χ2n) is 5.30. The molecule has 2 aromatic rings. The van der Waals surface area contributed by atoms with Crippen molar-refractivity contribution in [3.8, 4) is 0 Å². The minimum Gasteiger partial charge on any atom is -0.320 e. The van der Waals surface area contributed by atoms with Crippen molar-refractivity contribution in [1.29, 1.82) is 0 Å². The Morgan fingerprint density at radius 2 is 1.84 bits per heavy atom. The monoisotopic (exact) mass is 271 g/mol. The van der Waals surface area contributed by atoms with E-state index in [0.29, 0.717) is 0 Å². The summed E-state index contributed by atoms with van der Waals surface area (Å²) in [5.74, 6) is 0.735. The van der Waals surface area contributed by atoms with Gasteiger partial charge in [0.25, 0.3) is 0 Å². The molecule has 1 saturated carbocycles. The molecule has 1 nitrogen and oxygen atoms in total. The standard InChI is InChI=1S/C17H18ClN/c18-16-10-2-1-9-15(16)17(19)14-8-4-7-13(11-14)12-5-3-6-12/h1-2,4,7-12,17H,3,5-6,19H2. The summed E-state index contributed by atoms with van der Waals surface area (Å²) in [5, 5.41) is 0.740. The van der Waals surface area contributed by atoms with Crippen LogP contribution in [0.3, 0.4) is 0 Å². The molecular formula is C17H18ClN. The first kappa shape index (κ1) is 12.7. The molecule has 0 heterocycles. The highest BCUT2D eigenvalue weighted by atomic mass is 35.5. The Kier molecular flexibility index (Phi) is 3.58. The van der Waals surface area contributed by atoms with E-state index in [-0.39, 0.29) is 6.04 Å². The maximum absolute atomic E-state index is 6.36. The van der Waals surface area contributed by atoms with E-state index in [1.54, 1.807) is 0 Å². The van der Waals surface area contributed by atoms with Crippen LogP contribution in [0.25, 0.3) is 0 Å². The number of nitrogens with two attached hydrogens (primary N) is 1. The zero-order chi connectivity index (χ0) is 13.2. The van der Waals surface area contributed by atoms with Crippen molar-refractivity contribution in [3.05, 3.63) is 70.2 Å². The molecule has 2 N–H and O–H groups in total. The molecule has 98 valence electrons. The van der Waals surface area contributed by atoms with Crippen molar-refractivity contribution in [2.45, 2.75) is 31.2 Å². The summed E-state index contributed by atoms with van der Waals surface area (Å²) >= 11 is 6.23. The van der Waals surface area contributed by atoms with Crippen molar-refractivity contribution in [2.75, 3.05) is 0 Å². The van der Waals surface area contributed by atoms with E-state index in [9.17, 15) is 0 Å². The number of halogens is 1. The van der Waals surface area contributed by atoms with Crippen LogP contribution in [0.4, 0.5) is 0 Å². The van der Waals surface area contributed by atoms with Gasteiger partial charge in [-0.1, -0.05) is 60.5 Å². The molecule has 1 atom stereocenters.